The van der Waals surface area contributed by atoms with Gasteiger partial charge in [-0.3, -0.25) is 10.2 Å². The van der Waals surface area contributed by atoms with Gasteiger partial charge in [-0.1, -0.05) is 11.3 Å². The van der Waals surface area contributed by atoms with Crippen LogP contribution in [0.1, 0.15) is 36.7 Å². The average molecular weight is 473 g/mol. The Balaban J connectivity index is 1.82. The number of rotatable bonds is 8. The maximum atomic E-state index is 14.2. The van der Waals surface area contributed by atoms with E-state index < -0.39 is 17.2 Å². The zero-order chi connectivity index (χ0) is 24.3. The number of nitrogens with one attached hydrogen (secondary N) is 1. The van der Waals surface area contributed by atoms with Gasteiger partial charge in [0.2, 0.25) is 0 Å². The lowest BCUT2D eigenvalue weighted by Gasteiger charge is -2.29. The van der Waals surface area contributed by atoms with Crippen LogP contribution in [0.15, 0.2) is 36.4 Å². The van der Waals surface area contributed by atoms with Crippen LogP contribution in [0.3, 0.4) is 0 Å². The molecule has 0 atom stereocenters. The molecule has 1 heterocycles. The molecule has 0 unspecified atom stereocenters. The van der Waals surface area contributed by atoms with Crippen molar-refractivity contribution in [2.75, 3.05) is 25.1 Å². The number of nitrogens with zero attached hydrogens (tertiary/aromatic N) is 2. The molecule has 1 aromatic heterocycles. The summed E-state index contributed by atoms with van der Waals surface area (Å²) in [6.07, 6.45) is 0. The van der Waals surface area contributed by atoms with Crippen LogP contribution in [0.4, 0.5) is 9.52 Å². The van der Waals surface area contributed by atoms with Crippen molar-refractivity contribution in [1.29, 1.82) is 5.41 Å². The fourth-order valence-electron chi connectivity index (χ4n) is 3.22. The maximum absolute atomic E-state index is 14.2. The zero-order valence-corrected chi connectivity index (χ0v) is 19.6. The van der Waals surface area contributed by atoms with Crippen LogP contribution in [0.25, 0.3) is 10.2 Å². The lowest BCUT2D eigenvalue weighted by molar-refractivity contribution is -0.150. The quantitative estimate of drug-likeness (QED) is 0.220. The van der Waals surface area contributed by atoms with Crippen LogP contribution < -0.4 is 15.4 Å². The first-order valence-corrected chi connectivity index (χ1v) is 11.0. The lowest BCUT2D eigenvalue weighted by atomic mass is 9.93. The number of anilines is 1. The van der Waals surface area contributed by atoms with Gasteiger partial charge < -0.3 is 20.1 Å². The van der Waals surface area contributed by atoms with Crippen LogP contribution in [0, 0.1) is 16.6 Å². The fourth-order valence-corrected chi connectivity index (χ4v) is 4.28. The molecule has 10 heteroatoms. The predicted octanol–water partition coefficient (Wildman–Crippen LogP) is 3.96. The van der Waals surface area contributed by atoms with Crippen molar-refractivity contribution >= 4 is 44.5 Å². The third-order valence-electron chi connectivity index (χ3n) is 5.03. The van der Waals surface area contributed by atoms with Crippen molar-refractivity contribution in [3.8, 4) is 5.75 Å². The standard InChI is InChI=1S/C23H25FN4O4S/c1-5-28(12-23(2,3)21(30)31-4)22-27-16-8-6-14(11-18(16)33-22)20(29)32-17-9-7-13(19(25)26)10-15(17)24/h6-11H,5,12H2,1-4H3,(H3,25,26). The number of hydrogen-bond acceptors (Lipinski definition) is 8. The van der Waals surface area contributed by atoms with E-state index in [1.807, 2.05) is 25.7 Å². The molecule has 0 bridgehead atoms. The van der Waals surface area contributed by atoms with Crippen LogP contribution >= 0.6 is 11.3 Å². The number of methoxy groups -OCH3 is 1. The molecule has 0 amide bonds. The minimum atomic E-state index is -0.788. The van der Waals surface area contributed by atoms with Crippen LogP contribution in [0.2, 0.25) is 0 Å². The van der Waals surface area contributed by atoms with E-state index in [2.05, 4.69) is 4.98 Å². The van der Waals surface area contributed by atoms with Gasteiger partial charge >= 0.3 is 11.9 Å². The van der Waals surface area contributed by atoms with Crippen LogP contribution in [-0.4, -0.2) is 43.0 Å². The number of halogens is 1. The van der Waals surface area contributed by atoms with E-state index in [4.69, 9.17) is 20.6 Å². The molecule has 0 aliphatic rings. The highest BCUT2D eigenvalue weighted by Gasteiger charge is 2.32. The Morgan fingerprint density at radius 2 is 1.91 bits per heavy atom. The summed E-state index contributed by atoms with van der Waals surface area (Å²) < 4.78 is 25.1. The summed E-state index contributed by atoms with van der Waals surface area (Å²) in [4.78, 5) is 31.3. The lowest BCUT2D eigenvalue weighted by Crippen LogP contribution is -2.40. The van der Waals surface area contributed by atoms with Crippen molar-refractivity contribution in [3.63, 3.8) is 0 Å². The van der Waals surface area contributed by atoms with Gasteiger partial charge in [0.1, 0.15) is 5.84 Å². The minimum Gasteiger partial charge on any atom is -0.469 e. The molecule has 0 spiro atoms. The summed E-state index contributed by atoms with van der Waals surface area (Å²) >= 11 is 1.38. The van der Waals surface area contributed by atoms with Crippen LogP contribution in [-0.2, 0) is 9.53 Å². The highest BCUT2D eigenvalue weighted by atomic mass is 32.1. The largest absolute Gasteiger partial charge is 0.469 e. The number of thiazole rings is 1. The van der Waals surface area contributed by atoms with Gasteiger partial charge in [-0.25, -0.2) is 14.2 Å². The summed E-state index contributed by atoms with van der Waals surface area (Å²) in [5.74, 6) is -2.35. The number of hydrogen-bond donors (Lipinski definition) is 2. The fraction of sp³-hybridized carbons (Fsp3) is 0.304. The highest BCUT2D eigenvalue weighted by Crippen LogP contribution is 2.32. The SMILES string of the molecule is CCN(CC(C)(C)C(=O)OC)c1nc2ccc(C(=O)Oc3ccc(C(=N)N)cc3F)cc2s1. The van der Waals surface area contributed by atoms with Crippen molar-refractivity contribution in [2.45, 2.75) is 20.8 Å². The van der Waals surface area contributed by atoms with Crippen molar-refractivity contribution < 1.29 is 23.5 Å². The Morgan fingerprint density at radius 3 is 2.52 bits per heavy atom. The third kappa shape index (κ3) is 5.28. The molecule has 33 heavy (non-hydrogen) atoms. The van der Waals surface area contributed by atoms with Crippen LogP contribution in [0.5, 0.6) is 5.75 Å². The highest BCUT2D eigenvalue weighted by molar-refractivity contribution is 7.22. The van der Waals surface area contributed by atoms with Gasteiger partial charge in [0.15, 0.2) is 16.7 Å². The molecule has 0 aliphatic carbocycles. The Morgan fingerprint density at radius 1 is 1.21 bits per heavy atom. The van der Waals surface area contributed by atoms with Gasteiger partial charge in [0.05, 0.1) is 28.3 Å². The molecule has 0 saturated carbocycles. The van der Waals surface area contributed by atoms with Gasteiger partial charge in [-0.15, -0.1) is 0 Å². The Labute approximate surface area is 194 Å². The van der Waals surface area contributed by atoms with Gasteiger partial charge in [-0.2, -0.15) is 0 Å². The number of esters is 2. The number of fused-ring (bicyclic) bond motifs is 1. The summed E-state index contributed by atoms with van der Waals surface area (Å²) in [6, 6.07) is 8.60. The van der Waals surface area contributed by atoms with Crippen molar-refractivity contribution in [2.24, 2.45) is 11.1 Å². The molecule has 8 nitrogen and oxygen atoms in total. The summed E-state index contributed by atoms with van der Waals surface area (Å²) in [5, 5.41) is 8.06. The predicted molar refractivity (Wildman–Crippen MR) is 126 cm³/mol. The first-order chi connectivity index (χ1) is 15.6. The molecule has 174 valence electrons. The van der Waals surface area contributed by atoms with Gasteiger partial charge in [0.25, 0.3) is 0 Å². The molecule has 3 aromatic rings. The first-order valence-electron chi connectivity index (χ1n) is 10.2. The Bertz CT molecular complexity index is 1220. The summed E-state index contributed by atoms with van der Waals surface area (Å²) in [7, 11) is 1.36. The number of carbonyl (C=O) groups excluding carboxylic acids is 2. The zero-order valence-electron chi connectivity index (χ0n) is 18.8. The third-order valence-corrected chi connectivity index (χ3v) is 6.11. The average Bonchev–Trinajstić information content (AvgIpc) is 3.21. The molecule has 0 saturated heterocycles. The van der Waals surface area contributed by atoms with E-state index in [0.717, 1.165) is 10.8 Å². The van der Waals surface area contributed by atoms with Gasteiger partial charge in [0, 0.05) is 18.7 Å². The van der Waals surface area contributed by atoms with E-state index >= 15 is 0 Å². The number of amidine groups is 1. The number of carbonyl (C=O) groups is 2. The second kappa shape index (κ2) is 9.53. The Kier molecular flexibility index (Phi) is 6.97. The van der Waals surface area contributed by atoms with E-state index in [-0.39, 0.29) is 28.7 Å². The topological polar surface area (TPSA) is 119 Å². The van der Waals surface area contributed by atoms with Crippen molar-refractivity contribution in [3.05, 3.63) is 53.3 Å². The summed E-state index contributed by atoms with van der Waals surface area (Å²) in [5.41, 5.74) is 5.75. The molecular formula is C23H25FN4O4S. The number of nitrogen functional groups attached to an aromatic ring is 1. The summed E-state index contributed by atoms with van der Waals surface area (Å²) in [6.45, 7) is 6.63. The number of aromatic nitrogens is 1. The number of nitrogens with two attached hydrogens (primary N) is 1. The number of ether oxygens (including phenoxy) is 2. The molecular weight excluding hydrogens is 447 g/mol. The Hall–Kier alpha value is -3.53. The number of benzene rings is 2. The molecule has 3 rings (SSSR count). The van der Waals surface area contributed by atoms with E-state index in [1.165, 1.54) is 30.6 Å². The maximum Gasteiger partial charge on any atom is 0.343 e. The first kappa shape index (κ1) is 24.1. The molecule has 0 aliphatic heterocycles. The molecule has 0 radical (unpaired) electrons. The second-order valence-corrected chi connectivity index (χ2v) is 9.03. The van der Waals surface area contributed by atoms with Crippen molar-refractivity contribution in [1.82, 2.24) is 4.98 Å². The minimum absolute atomic E-state index is 0.196. The normalized spacial score (nSPS) is 11.3. The smallest absolute Gasteiger partial charge is 0.343 e. The molecule has 2 aromatic carbocycles. The second-order valence-electron chi connectivity index (χ2n) is 8.02. The van der Waals surface area contributed by atoms with Gasteiger partial charge in [-0.05, 0) is 57.2 Å². The molecule has 0 fully saturated rings. The van der Waals surface area contributed by atoms with E-state index in [9.17, 15) is 14.0 Å². The molecule has 3 N–H and O–H groups in total. The van der Waals surface area contributed by atoms with E-state index in [1.54, 1.807) is 18.2 Å². The monoisotopic (exact) mass is 472 g/mol. The van der Waals surface area contributed by atoms with E-state index in [0.29, 0.717) is 23.7 Å².